The molecule has 0 heterocycles. The number of sulfonamides is 1. The van der Waals surface area contributed by atoms with Gasteiger partial charge in [0.15, 0.2) is 6.61 Å². The summed E-state index contributed by atoms with van der Waals surface area (Å²) in [5.41, 5.74) is 1.21. The highest BCUT2D eigenvalue weighted by molar-refractivity contribution is 7.89. The molecule has 3 aromatic carbocycles. The number of methoxy groups -OCH3 is 1. The van der Waals surface area contributed by atoms with Gasteiger partial charge in [0.25, 0.3) is 5.91 Å². The van der Waals surface area contributed by atoms with Crippen LogP contribution in [0.5, 0.6) is 5.75 Å². The molecule has 33 heavy (non-hydrogen) atoms. The second kappa shape index (κ2) is 11.0. The molecule has 0 aliphatic rings. The number of amides is 1. The van der Waals surface area contributed by atoms with E-state index in [0.717, 1.165) is 6.07 Å². The van der Waals surface area contributed by atoms with Crippen LogP contribution in [0, 0.1) is 0 Å². The van der Waals surface area contributed by atoms with Crippen LogP contribution in [0.4, 0.5) is 5.69 Å². The quantitative estimate of drug-likeness (QED) is 0.445. The molecule has 0 radical (unpaired) electrons. The monoisotopic (exact) mass is 488 g/mol. The van der Waals surface area contributed by atoms with Crippen molar-refractivity contribution in [3.05, 3.63) is 88.9 Å². The Morgan fingerprint density at radius 3 is 2.33 bits per heavy atom. The summed E-state index contributed by atoms with van der Waals surface area (Å²) in [4.78, 5) is 24.2. The fraction of sp³-hybridized carbons (Fsp3) is 0.130. The maximum atomic E-state index is 12.9. The average Bonchev–Trinajstić information content (AvgIpc) is 2.82. The fourth-order valence-corrected chi connectivity index (χ4v) is 4.14. The van der Waals surface area contributed by atoms with Gasteiger partial charge in [-0.1, -0.05) is 41.9 Å². The molecule has 0 spiro atoms. The highest BCUT2D eigenvalue weighted by atomic mass is 35.5. The number of para-hydroxylation sites is 1. The predicted octanol–water partition coefficient (Wildman–Crippen LogP) is 3.62. The second-order valence-corrected chi connectivity index (χ2v) is 8.98. The number of rotatable bonds is 9. The number of anilines is 1. The van der Waals surface area contributed by atoms with Crippen LogP contribution >= 0.6 is 11.6 Å². The van der Waals surface area contributed by atoms with E-state index in [-0.39, 0.29) is 22.8 Å². The first-order valence-corrected chi connectivity index (χ1v) is 11.6. The number of halogens is 1. The van der Waals surface area contributed by atoms with E-state index in [2.05, 4.69) is 10.0 Å². The van der Waals surface area contributed by atoms with Crippen LogP contribution in [0.25, 0.3) is 0 Å². The summed E-state index contributed by atoms with van der Waals surface area (Å²) >= 11 is 5.85. The number of carbonyl (C=O) groups is 2. The van der Waals surface area contributed by atoms with E-state index in [9.17, 15) is 18.0 Å². The number of nitrogens with one attached hydrogen (secondary N) is 2. The maximum absolute atomic E-state index is 12.9. The summed E-state index contributed by atoms with van der Waals surface area (Å²) in [5.74, 6) is -1.33. The molecule has 10 heteroatoms. The Balaban J connectivity index is 1.69. The minimum Gasteiger partial charge on any atom is -0.495 e. The largest absolute Gasteiger partial charge is 0.495 e. The van der Waals surface area contributed by atoms with Gasteiger partial charge in [0.05, 0.1) is 12.7 Å². The van der Waals surface area contributed by atoms with Gasteiger partial charge in [-0.15, -0.1) is 0 Å². The highest BCUT2D eigenvalue weighted by Gasteiger charge is 2.22. The molecular weight excluding hydrogens is 468 g/mol. The van der Waals surface area contributed by atoms with Crippen LogP contribution < -0.4 is 14.8 Å². The van der Waals surface area contributed by atoms with Crippen molar-refractivity contribution in [2.45, 2.75) is 11.4 Å². The number of carbonyl (C=O) groups excluding carboxylic acids is 2. The summed E-state index contributed by atoms with van der Waals surface area (Å²) in [6, 6.07) is 19.2. The number of ether oxygens (including phenoxy) is 2. The van der Waals surface area contributed by atoms with Gasteiger partial charge in [0, 0.05) is 17.3 Å². The fourth-order valence-electron chi connectivity index (χ4n) is 2.81. The molecule has 8 nitrogen and oxygen atoms in total. The Bertz CT molecular complexity index is 1230. The van der Waals surface area contributed by atoms with E-state index >= 15 is 0 Å². The summed E-state index contributed by atoms with van der Waals surface area (Å²) in [6.07, 6.45) is 0. The van der Waals surface area contributed by atoms with Gasteiger partial charge < -0.3 is 14.8 Å². The van der Waals surface area contributed by atoms with Gasteiger partial charge >= 0.3 is 5.97 Å². The lowest BCUT2D eigenvalue weighted by molar-refractivity contribution is -0.119. The Hall–Kier alpha value is -3.40. The first-order valence-electron chi connectivity index (χ1n) is 9.72. The van der Waals surface area contributed by atoms with Crippen LogP contribution in [-0.4, -0.2) is 34.0 Å². The molecule has 0 unspecified atom stereocenters. The summed E-state index contributed by atoms with van der Waals surface area (Å²) < 4.78 is 38.4. The van der Waals surface area contributed by atoms with Crippen molar-refractivity contribution < 1.29 is 27.5 Å². The van der Waals surface area contributed by atoms with Gasteiger partial charge in [-0.05, 0) is 48.0 Å². The topological polar surface area (TPSA) is 111 Å². The van der Waals surface area contributed by atoms with Gasteiger partial charge in [0.2, 0.25) is 10.0 Å². The summed E-state index contributed by atoms with van der Waals surface area (Å²) in [6.45, 7) is -0.520. The number of benzene rings is 3. The summed E-state index contributed by atoms with van der Waals surface area (Å²) in [7, 11) is -2.72. The molecule has 0 aromatic heterocycles. The summed E-state index contributed by atoms with van der Waals surface area (Å²) in [5, 5.41) is 3.12. The van der Waals surface area contributed by atoms with E-state index in [1.54, 1.807) is 54.6 Å². The van der Waals surface area contributed by atoms with Crippen molar-refractivity contribution in [1.82, 2.24) is 4.72 Å². The Labute approximate surface area is 196 Å². The molecule has 3 rings (SSSR count). The van der Waals surface area contributed by atoms with Crippen molar-refractivity contribution >= 4 is 39.2 Å². The van der Waals surface area contributed by atoms with Crippen molar-refractivity contribution in [3.8, 4) is 5.75 Å². The average molecular weight is 489 g/mol. The molecule has 0 bridgehead atoms. The molecule has 3 aromatic rings. The first-order chi connectivity index (χ1) is 15.8. The van der Waals surface area contributed by atoms with Crippen LogP contribution in [0.15, 0.2) is 77.7 Å². The third-order valence-corrected chi connectivity index (χ3v) is 6.13. The molecule has 0 saturated heterocycles. The van der Waals surface area contributed by atoms with Gasteiger partial charge in [0.1, 0.15) is 10.6 Å². The third-order valence-electron chi connectivity index (χ3n) is 4.46. The lowest BCUT2D eigenvalue weighted by Gasteiger charge is -2.13. The predicted molar refractivity (Wildman–Crippen MR) is 124 cm³/mol. The zero-order chi connectivity index (χ0) is 23.8. The van der Waals surface area contributed by atoms with Crippen molar-refractivity contribution in [2.75, 3.05) is 19.0 Å². The van der Waals surface area contributed by atoms with E-state index < -0.39 is 28.5 Å². The van der Waals surface area contributed by atoms with Crippen LogP contribution in [-0.2, 0) is 26.1 Å². The van der Waals surface area contributed by atoms with Crippen LogP contribution in [0.3, 0.4) is 0 Å². The van der Waals surface area contributed by atoms with Crippen LogP contribution in [0.1, 0.15) is 15.9 Å². The lowest BCUT2D eigenvalue weighted by atomic mass is 10.2. The maximum Gasteiger partial charge on any atom is 0.338 e. The van der Waals surface area contributed by atoms with Crippen molar-refractivity contribution in [1.29, 1.82) is 0 Å². The number of hydrogen-bond donors (Lipinski definition) is 2. The van der Waals surface area contributed by atoms with Crippen LogP contribution in [0.2, 0.25) is 5.02 Å². The zero-order valence-electron chi connectivity index (χ0n) is 17.6. The minimum absolute atomic E-state index is 0.0109. The Kier molecular flexibility index (Phi) is 8.05. The molecule has 0 fully saturated rings. The van der Waals surface area contributed by atoms with E-state index in [0.29, 0.717) is 16.3 Å². The van der Waals surface area contributed by atoms with E-state index in [1.807, 2.05) is 0 Å². The molecule has 1 amide bonds. The molecule has 2 N–H and O–H groups in total. The Morgan fingerprint density at radius 1 is 0.970 bits per heavy atom. The van der Waals surface area contributed by atoms with E-state index in [1.165, 1.54) is 19.2 Å². The molecule has 0 aliphatic heterocycles. The zero-order valence-corrected chi connectivity index (χ0v) is 19.2. The minimum atomic E-state index is -4.03. The van der Waals surface area contributed by atoms with Crippen molar-refractivity contribution in [2.24, 2.45) is 0 Å². The van der Waals surface area contributed by atoms with Crippen molar-refractivity contribution in [3.63, 3.8) is 0 Å². The SMILES string of the molecule is COc1ccc(C(=O)OCC(=O)Nc2ccccc2)cc1S(=O)(=O)NCc1ccc(Cl)cc1. The lowest BCUT2D eigenvalue weighted by Crippen LogP contribution is -2.24. The first kappa shape index (κ1) is 24.2. The molecule has 0 atom stereocenters. The number of hydrogen-bond acceptors (Lipinski definition) is 6. The van der Waals surface area contributed by atoms with Gasteiger partial charge in [-0.2, -0.15) is 0 Å². The smallest absolute Gasteiger partial charge is 0.338 e. The van der Waals surface area contributed by atoms with E-state index in [4.69, 9.17) is 21.1 Å². The standard InChI is InChI=1S/C23H21ClN2O6S/c1-31-20-12-9-17(23(28)32-15-22(27)26-19-5-3-2-4-6-19)13-21(20)33(29,30)25-14-16-7-10-18(24)11-8-16/h2-13,25H,14-15H2,1H3,(H,26,27). The second-order valence-electron chi connectivity index (χ2n) is 6.81. The molecule has 172 valence electrons. The number of esters is 1. The van der Waals surface area contributed by atoms with Gasteiger partial charge in [-0.3, -0.25) is 4.79 Å². The molecular formula is C23H21ClN2O6S. The third kappa shape index (κ3) is 6.79. The van der Waals surface area contributed by atoms with Gasteiger partial charge in [-0.25, -0.2) is 17.9 Å². The normalized spacial score (nSPS) is 11.0. The molecule has 0 saturated carbocycles. The Morgan fingerprint density at radius 2 is 1.67 bits per heavy atom. The highest BCUT2D eigenvalue weighted by Crippen LogP contribution is 2.25. The molecule has 0 aliphatic carbocycles.